The quantitative estimate of drug-likeness (QED) is 0.663. The molecule has 0 amide bonds. The summed E-state index contributed by atoms with van der Waals surface area (Å²) in [6, 6.07) is 9.14. The lowest BCUT2D eigenvalue weighted by Gasteiger charge is -1.99. The predicted molar refractivity (Wildman–Crippen MR) is 56.8 cm³/mol. The first-order chi connectivity index (χ1) is 5.93. The molecule has 2 aliphatic heterocycles. The minimum Gasteiger partial charge on any atom is -0.151 e. The molecule has 2 heterocycles. The van der Waals surface area contributed by atoms with Crippen molar-refractivity contribution in [2.75, 3.05) is 11.5 Å². The van der Waals surface area contributed by atoms with Crippen LogP contribution < -0.4 is 0 Å². The van der Waals surface area contributed by atoms with E-state index in [9.17, 15) is 0 Å². The number of hydrogen-bond donors (Lipinski definition) is 0. The van der Waals surface area contributed by atoms with Gasteiger partial charge in [0.1, 0.15) is 0 Å². The molecule has 0 nitrogen and oxygen atoms in total. The number of hydrogen-bond acceptors (Lipinski definition) is 2. The van der Waals surface area contributed by atoms with Gasteiger partial charge in [0, 0.05) is 22.0 Å². The van der Waals surface area contributed by atoms with Gasteiger partial charge in [0.05, 0.1) is 0 Å². The second-order valence-electron chi connectivity index (χ2n) is 3.31. The van der Waals surface area contributed by atoms with Crippen LogP contribution in [0.15, 0.2) is 24.3 Å². The van der Waals surface area contributed by atoms with Gasteiger partial charge < -0.3 is 0 Å². The fourth-order valence-electron chi connectivity index (χ4n) is 1.44. The minimum absolute atomic E-state index is 0.827. The summed E-state index contributed by atoms with van der Waals surface area (Å²) < 4.78 is 0. The molecule has 12 heavy (non-hydrogen) atoms. The van der Waals surface area contributed by atoms with E-state index in [-0.39, 0.29) is 0 Å². The van der Waals surface area contributed by atoms with Crippen LogP contribution in [-0.2, 0) is 0 Å². The number of benzene rings is 1. The summed E-state index contributed by atoms with van der Waals surface area (Å²) in [4.78, 5) is 0. The largest absolute Gasteiger partial charge is 0.151 e. The molecule has 2 aliphatic rings. The maximum Gasteiger partial charge on any atom is 0.0388 e. The van der Waals surface area contributed by atoms with Gasteiger partial charge in [-0.3, -0.25) is 0 Å². The topological polar surface area (TPSA) is 0 Å². The highest BCUT2D eigenvalue weighted by atomic mass is 32.2. The van der Waals surface area contributed by atoms with Gasteiger partial charge in [0.15, 0.2) is 0 Å². The standard InChI is InChI=1S/C10H10S2/c1-2-7(9-5-11-9)4-8(3-1)10-6-12-10/h1-4,9-10H,5-6H2. The van der Waals surface area contributed by atoms with Crippen LogP contribution in [0.3, 0.4) is 0 Å². The van der Waals surface area contributed by atoms with Gasteiger partial charge in [0.2, 0.25) is 0 Å². The summed E-state index contributed by atoms with van der Waals surface area (Å²) in [5, 5.41) is 1.65. The van der Waals surface area contributed by atoms with Gasteiger partial charge in [-0.15, -0.1) is 0 Å². The first-order valence-electron chi connectivity index (χ1n) is 4.26. The van der Waals surface area contributed by atoms with Crippen LogP contribution in [0.2, 0.25) is 0 Å². The molecule has 0 N–H and O–H groups in total. The molecule has 62 valence electrons. The maximum absolute atomic E-state index is 2.40. The molecule has 0 bridgehead atoms. The van der Waals surface area contributed by atoms with Crippen molar-refractivity contribution in [1.29, 1.82) is 0 Å². The third-order valence-corrected chi connectivity index (χ3v) is 4.20. The minimum atomic E-state index is 0.827. The van der Waals surface area contributed by atoms with Crippen molar-refractivity contribution < 1.29 is 0 Å². The SMILES string of the molecule is c1cc(C2CS2)cc(C2CS2)c1. The average Bonchev–Trinajstić information content (AvgIpc) is 2.98. The summed E-state index contributed by atoms with van der Waals surface area (Å²) in [6.07, 6.45) is 0. The third-order valence-electron chi connectivity index (χ3n) is 2.32. The second kappa shape index (κ2) is 2.71. The Bertz CT molecular complexity index is 273. The van der Waals surface area contributed by atoms with Gasteiger partial charge in [-0.05, 0) is 11.1 Å². The van der Waals surface area contributed by atoms with Crippen molar-refractivity contribution in [2.45, 2.75) is 10.5 Å². The average molecular weight is 194 g/mol. The van der Waals surface area contributed by atoms with Crippen LogP contribution in [0.1, 0.15) is 21.6 Å². The van der Waals surface area contributed by atoms with Crippen LogP contribution in [0, 0.1) is 0 Å². The summed E-state index contributed by atoms with van der Waals surface area (Å²) in [6.45, 7) is 0. The molecule has 0 spiro atoms. The highest BCUT2D eigenvalue weighted by molar-refractivity contribution is 8.06. The molecule has 2 heteroatoms. The van der Waals surface area contributed by atoms with Crippen molar-refractivity contribution in [1.82, 2.24) is 0 Å². The number of rotatable bonds is 2. The van der Waals surface area contributed by atoms with E-state index in [1.807, 2.05) is 0 Å². The molecule has 1 aromatic carbocycles. The highest BCUT2D eigenvalue weighted by Crippen LogP contribution is 2.49. The molecule has 0 aromatic heterocycles. The Kier molecular flexibility index (Phi) is 1.66. The monoisotopic (exact) mass is 194 g/mol. The lowest BCUT2D eigenvalue weighted by molar-refractivity contribution is 1.17. The smallest absolute Gasteiger partial charge is 0.0388 e. The molecule has 2 fully saturated rings. The molecule has 3 rings (SSSR count). The Morgan fingerprint density at radius 1 is 1.00 bits per heavy atom. The third kappa shape index (κ3) is 1.38. The molecule has 0 saturated carbocycles. The van der Waals surface area contributed by atoms with Gasteiger partial charge in [0.25, 0.3) is 0 Å². The molecule has 0 aliphatic carbocycles. The lowest BCUT2D eigenvalue weighted by atomic mass is 10.1. The van der Waals surface area contributed by atoms with Crippen molar-refractivity contribution in [2.24, 2.45) is 0 Å². The zero-order valence-corrected chi connectivity index (χ0v) is 8.33. The van der Waals surface area contributed by atoms with E-state index >= 15 is 0 Å². The fraction of sp³-hybridized carbons (Fsp3) is 0.400. The Labute approximate surface area is 81.1 Å². The van der Waals surface area contributed by atoms with Gasteiger partial charge in [-0.1, -0.05) is 24.3 Å². The van der Waals surface area contributed by atoms with E-state index in [0.717, 1.165) is 10.5 Å². The highest BCUT2D eigenvalue weighted by Gasteiger charge is 2.28. The molecule has 2 atom stereocenters. The lowest BCUT2D eigenvalue weighted by Crippen LogP contribution is -1.83. The van der Waals surface area contributed by atoms with Crippen LogP contribution in [0.5, 0.6) is 0 Å². The molecule has 0 radical (unpaired) electrons. The van der Waals surface area contributed by atoms with E-state index < -0.39 is 0 Å². The Hall–Kier alpha value is -0.0800. The van der Waals surface area contributed by atoms with Crippen LogP contribution >= 0.6 is 23.5 Å². The van der Waals surface area contributed by atoms with Gasteiger partial charge >= 0.3 is 0 Å². The molecular weight excluding hydrogens is 184 g/mol. The van der Waals surface area contributed by atoms with E-state index in [1.54, 1.807) is 11.1 Å². The molecule has 2 unspecified atom stereocenters. The van der Waals surface area contributed by atoms with Crippen molar-refractivity contribution in [3.05, 3.63) is 35.4 Å². The van der Waals surface area contributed by atoms with Crippen LogP contribution in [-0.4, -0.2) is 11.5 Å². The van der Waals surface area contributed by atoms with Gasteiger partial charge in [-0.25, -0.2) is 0 Å². The molecule has 2 saturated heterocycles. The van der Waals surface area contributed by atoms with E-state index in [2.05, 4.69) is 47.8 Å². The van der Waals surface area contributed by atoms with Crippen molar-refractivity contribution in [3.8, 4) is 0 Å². The normalized spacial score (nSPS) is 31.7. The summed E-state index contributed by atoms with van der Waals surface area (Å²) >= 11 is 4.11. The van der Waals surface area contributed by atoms with Crippen molar-refractivity contribution >= 4 is 23.5 Å². The van der Waals surface area contributed by atoms with Crippen LogP contribution in [0.4, 0.5) is 0 Å². The Balaban J connectivity index is 1.93. The number of thioether (sulfide) groups is 2. The second-order valence-corrected chi connectivity index (χ2v) is 5.79. The van der Waals surface area contributed by atoms with Gasteiger partial charge in [-0.2, -0.15) is 23.5 Å². The maximum atomic E-state index is 2.40. The Morgan fingerprint density at radius 3 is 1.92 bits per heavy atom. The summed E-state index contributed by atoms with van der Waals surface area (Å²) in [5.41, 5.74) is 3.09. The molecule has 1 aromatic rings. The zero-order valence-electron chi connectivity index (χ0n) is 6.69. The Morgan fingerprint density at radius 2 is 1.50 bits per heavy atom. The first-order valence-corrected chi connectivity index (χ1v) is 6.36. The molecular formula is C10H10S2. The van der Waals surface area contributed by atoms with E-state index in [0.29, 0.717) is 0 Å². The first kappa shape index (κ1) is 7.34. The zero-order chi connectivity index (χ0) is 7.97. The summed E-state index contributed by atoms with van der Waals surface area (Å²) in [7, 11) is 0. The van der Waals surface area contributed by atoms with Crippen LogP contribution in [0.25, 0.3) is 0 Å². The van der Waals surface area contributed by atoms with Crippen molar-refractivity contribution in [3.63, 3.8) is 0 Å². The summed E-state index contributed by atoms with van der Waals surface area (Å²) in [5.74, 6) is 2.67. The predicted octanol–water partition coefficient (Wildman–Crippen LogP) is 3.26. The van der Waals surface area contributed by atoms with E-state index in [1.165, 1.54) is 11.5 Å². The fourth-order valence-corrected chi connectivity index (χ4v) is 2.70. The van der Waals surface area contributed by atoms with E-state index in [4.69, 9.17) is 0 Å².